The Bertz CT molecular complexity index is 614. The molecule has 1 rings (SSSR count). The topological polar surface area (TPSA) is 147 Å². The predicted molar refractivity (Wildman–Crippen MR) is 66.5 cm³/mol. The first-order valence-electron chi connectivity index (χ1n) is 5.38. The molecule has 0 saturated heterocycles. The molecule has 0 fully saturated rings. The molecule has 3 N–H and O–H groups in total. The number of aliphatic carboxylic acids is 1. The first-order valence-corrected chi connectivity index (χ1v) is 6.86. The van der Waals surface area contributed by atoms with E-state index in [4.69, 9.17) is 10.2 Å². The van der Waals surface area contributed by atoms with Crippen LogP contribution in [0.2, 0.25) is 0 Å². The number of aliphatic hydroxyl groups is 1. The predicted octanol–water partition coefficient (Wildman–Crippen LogP) is -0.291. The summed E-state index contributed by atoms with van der Waals surface area (Å²) in [5.41, 5.74) is -0.429. The molecule has 110 valence electrons. The van der Waals surface area contributed by atoms with Crippen molar-refractivity contribution in [3.63, 3.8) is 0 Å². The van der Waals surface area contributed by atoms with E-state index in [1.165, 1.54) is 6.07 Å². The number of benzene rings is 1. The van der Waals surface area contributed by atoms with E-state index in [1.807, 2.05) is 4.72 Å². The van der Waals surface area contributed by atoms with Crippen molar-refractivity contribution in [1.82, 2.24) is 4.72 Å². The van der Waals surface area contributed by atoms with Crippen LogP contribution in [0.5, 0.6) is 0 Å². The molecule has 0 radical (unpaired) electrons. The third-order valence-corrected chi connectivity index (χ3v) is 3.82. The maximum atomic E-state index is 11.9. The minimum Gasteiger partial charge on any atom is -0.480 e. The molecule has 0 bridgehead atoms. The highest BCUT2D eigenvalue weighted by atomic mass is 32.2. The second-order valence-corrected chi connectivity index (χ2v) is 5.49. The minimum absolute atomic E-state index is 0.316. The van der Waals surface area contributed by atoms with Crippen LogP contribution in [0.1, 0.15) is 6.42 Å². The van der Waals surface area contributed by atoms with Crippen LogP contribution in [-0.2, 0) is 14.8 Å². The highest BCUT2D eigenvalue weighted by Crippen LogP contribution is 2.17. The van der Waals surface area contributed by atoms with Gasteiger partial charge < -0.3 is 10.2 Å². The Balaban J connectivity index is 3.07. The smallest absolute Gasteiger partial charge is 0.321 e. The molecular weight excluding hydrogens is 292 g/mol. The SMILES string of the molecule is O=C(O)C(CCO)NS(=O)(=O)c1cccc([N+](=O)[O-])c1. The van der Waals surface area contributed by atoms with Crippen molar-refractivity contribution in [3.8, 4) is 0 Å². The molecule has 20 heavy (non-hydrogen) atoms. The normalized spacial score (nSPS) is 12.8. The molecule has 0 aliphatic carbocycles. The van der Waals surface area contributed by atoms with Crippen LogP contribution in [0.4, 0.5) is 5.69 Å². The standard InChI is InChI=1S/C10H12N2O7S/c13-5-4-9(10(14)15)11-20(18,19)8-3-1-2-7(6-8)12(16)17/h1-3,6,9,11,13H,4-5H2,(H,14,15). The zero-order valence-corrected chi connectivity index (χ0v) is 10.9. The zero-order valence-electron chi connectivity index (χ0n) is 10.1. The summed E-state index contributed by atoms with van der Waals surface area (Å²) < 4.78 is 25.7. The Hall–Kier alpha value is -2.04. The van der Waals surface area contributed by atoms with E-state index in [2.05, 4.69) is 0 Å². The highest BCUT2D eigenvalue weighted by molar-refractivity contribution is 7.89. The summed E-state index contributed by atoms with van der Waals surface area (Å²) >= 11 is 0. The molecule has 1 aromatic rings. The van der Waals surface area contributed by atoms with Crippen molar-refractivity contribution in [2.24, 2.45) is 0 Å². The van der Waals surface area contributed by atoms with E-state index in [1.54, 1.807) is 0 Å². The van der Waals surface area contributed by atoms with Crippen molar-refractivity contribution in [2.75, 3.05) is 6.61 Å². The van der Waals surface area contributed by atoms with Crippen LogP contribution in [0.25, 0.3) is 0 Å². The summed E-state index contributed by atoms with van der Waals surface area (Å²) in [6.45, 7) is -0.519. The number of nitrogens with zero attached hydrogens (tertiary/aromatic N) is 1. The Morgan fingerprint density at radius 2 is 2.10 bits per heavy atom. The van der Waals surface area contributed by atoms with E-state index in [0.29, 0.717) is 0 Å². The molecule has 10 heteroatoms. The first kappa shape index (κ1) is 16.0. The Kier molecular flexibility index (Phi) is 5.13. The van der Waals surface area contributed by atoms with E-state index in [-0.39, 0.29) is 6.42 Å². The van der Waals surface area contributed by atoms with Gasteiger partial charge >= 0.3 is 5.97 Å². The van der Waals surface area contributed by atoms with Gasteiger partial charge in [0.25, 0.3) is 5.69 Å². The molecule has 1 aromatic carbocycles. The fraction of sp³-hybridized carbons (Fsp3) is 0.300. The van der Waals surface area contributed by atoms with Crippen molar-refractivity contribution in [2.45, 2.75) is 17.4 Å². The number of nitro groups is 1. The van der Waals surface area contributed by atoms with Gasteiger partial charge in [-0.25, -0.2) is 8.42 Å². The van der Waals surface area contributed by atoms with Crippen molar-refractivity contribution < 1.29 is 28.3 Å². The number of carboxylic acid groups (broad SMARTS) is 1. The van der Waals surface area contributed by atoms with E-state index in [0.717, 1.165) is 18.2 Å². The lowest BCUT2D eigenvalue weighted by Crippen LogP contribution is -2.41. The fourth-order valence-electron chi connectivity index (χ4n) is 1.38. The molecule has 9 nitrogen and oxygen atoms in total. The molecule has 0 spiro atoms. The summed E-state index contributed by atoms with van der Waals surface area (Å²) in [7, 11) is -4.23. The van der Waals surface area contributed by atoms with Gasteiger partial charge in [-0.1, -0.05) is 6.07 Å². The monoisotopic (exact) mass is 304 g/mol. The molecule has 0 heterocycles. The van der Waals surface area contributed by atoms with Gasteiger partial charge in [0.1, 0.15) is 6.04 Å². The average Bonchev–Trinajstić information content (AvgIpc) is 2.38. The number of rotatable bonds is 7. The van der Waals surface area contributed by atoms with Gasteiger partial charge in [-0.15, -0.1) is 0 Å². The van der Waals surface area contributed by atoms with Gasteiger partial charge in [-0.3, -0.25) is 14.9 Å². The van der Waals surface area contributed by atoms with E-state index < -0.39 is 44.1 Å². The number of nitro benzene ring substituents is 1. The number of hydrogen-bond donors (Lipinski definition) is 3. The number of sulfonamides is 1. The quantitative estimate of drug-likeness (QED) is 0.463. The van der Waals surface area contributed by atoms with E-state index >= 15 is 0 Å². The maximum absolute atomic E-state index is 11.9. The summed E-state index contributed by atoms with van der Waals surface area (Å²) in [4.78, 5) is 20.2. The van der Waals surface area contributed by atoms with Gasteiger partial charge in [0, 0.05) is 18.7 Å². The molecule has 0 saturated carbocycles. The third-order valence-electron chi connectivity index (χ3n) is 2.35. The molecule has 0 aliphatic rings. The summed E-state index contributed by atoms with van der Waals surface area (Å²) in [6, 6.07) is 2.70. The lowest BCUT2D eigenvalue weighted by molar-refractivity contribution is -0.385. The number of carbonyl (C=O) groups is 1. The van der Waals surface area contributed by atoms with Crippen LogP contribution in [0, 0.1) is 10.1 Å². The van der Waals surface area contributed by atoms with E-state index in [9.17, 15) is 23.3 Å². The van der Waals surface area contributed by atoms with Crippen LogP contribution >= 0.6 is 0 Å². The number of carboxylic acids is 1. The molecular formula is C10H12N2O7S. The largest absolute Gasteiger partial charge is 0.480 e. The van der Waals surface area contributed by atoms with Gasteiger partial charge in [0.05, 0.1) is 9.82 Å². The van der Waals surface area contributed by atoms with Crippen LogP contribution in [0.15, 0.2) is 29.2 Å². The molecule has 0 aromatic heterocycles. The average molecular weight is 304 g/mol. The number of hydrogen-bond acceptors (Lipinski definition) is 6. The summed E-state index contributed by atoms with van der Waals surface area (Å²) in [6.07, 6.45) is -0.316. The second-order valence-electron chi connectivity index (χ2n) is 3.78. The molecule has 0 amide bonds. The molecule has 1 unspecified atom stereocenters. The van der Waals surface area contributed by atoms with Crippen molar-refractivity contribution in [3.05, 3.63) is 34.4 Å². The lowest BCUT2D eigenvalue weighted by Gasteiger charge is -2.13. The highest BCUT2D eigenvalue weighted by Gasteiger charge is 2.25. The summed E-state index contributed by atoms with van der Waals surface area (Å²) in [5, 5.41) is 28.1. The Labute approximate surface area is 114 Å². The van der Waals surface area contributed by atoms with Crippen LogP contribution in [0.3, 0.4) is 0 Å². The minimum atomic E-state index is -4.23. The Morgan fingerprint density at radius 1 is 1.45 bits per heavy atom. The van der Waals surface area contributed by atoms with Crippen molar-refractivity contribution >= 4 is 21.7 Å². The van der Waals surface area contributed by atoms with Gasteiger partial charge in [0.15, 0.2) is 0 Å². The van der Waals surface area contributed by atoms with Crippen LogP contribution in [-0.4, -0.2) is 42.2 Å². The van der Waals surface area contributed by atoms with Gasteiger partial charge in [-0.2, -0.15) is 4.72 Å². The van der Waals surface area contributed by atoms with Gasteiger partial charge in [0.2, 0.25) is 10.0 Å². The number of non-ortho nitro benzene ring substituents is 1. The first-order chi connectivity index (χ1) is 9.27. The van der Waals surface area contributed by atoms with Crippen molar-refractivity contribution in [1.29, 1.82) is 0 Å². The van der Waals surface area contributed by atoms with Gasteiger partial charge in [-0.05, 0) is 12.5 Å². The molecule has 1 atom stereocenters. The third kappa shape index (κ3) is 3.98. The zero-order chi connectivity index (χ0) is 15.3. The van der Waals surface area contributed by atoms with Crippen LogP contribution < -0.4 is 4.72 Å². The maximum Gasteiger partial charge on any atom is 0.321 e. The lowest BCUT2D eigenvalue weighted by atomic mass is 10.2. The second kappa shape index (κ2) is 6.41. The summed E-state index contributed by atoms with van der Waals surface area (Å²) in [5.74, 6) is -1.45. The molecule has 0 aliphatic heterocycles. The fourth-order valence-corrected chi connectivity index (χ4v) is 2.64. The Morgan fingerprint density at radius 3 is 2.60 bits per heavy atom. The number of nitrogens with one attached hydrogen (secondary N) is 1. The number of aliphatic hydroxyl groups excluding tert-OH is 1.